The average molecular weight is 548 g/mol. The first kappa shape index (κ1) is 24.0. The Bertz CT molecular complexity index is 1330. The molecule has 1 saturated heterocycles. The van der Waals surface area contributed by atoms with Gasteiger partial charge in [0.15, 0.2) is 15.6 Å². The van der Waals surface area contributed by atoms with Crippen LogP contribution < -0.4 is 15.0 Å². The number of pyridine rings is 2. The first-order valence-electron chi connectivity index (χ1n) is 10.5. The lowest BCUT2D eigenvalue weighted by Crippen LogP contribution is -2.43. The Morgan fingerprint density at radius 2 is 1.76 bits per heavy atom. The molecule has 1 aliphatic heterocycles. The first-order chi connectivity index (χ1) is 16.2. The number of aromatic nitrogens is 2. The highest BCUT2D eigenvalue weighted by Crippen LogP contribution is 2.20. The van der Waals surface area contributed by atoms with Gasteiger partial charge in [0.2, 0.25) is 0 Å². The molecule has 4 rings (SSSR count). The molecule has 0 unspecified atom stereocenters. The standard InChI is InChI=1S/C23H22BrN3O6S/c1-34(30,31)20-5-2-16(3-6-20)27-13-10-18(14-22(27)28)32-17-8-11-26(12-9-17)23(29)33-19-4-7-21(24)25-15-19/h2-7,10,13-15,17H,8-9,11-12H2,1H3. The van der Waals surface area contributed by atoms with Gasteiger partial charge >= 0.3 is 6.09 Å². The van der Waals surface area contributed by atoms with Gasteiger partial charge < -0.3 is 14.4 Å². The normalized spacial score (nSPS) is 14.6. The van der Waals surface area contributed by atoms with Crippen LogP contribution in [-0.2, 0) is 9.84 Å². The van der Waals surface area contributed by atoms with Gasteiger partial charge in [-0.25, -0.2) is 18.2 Å². The molecule has 34 heavy (non-hydrogen) atoms. The van der Waals surface area contributed by atoms with E-state index in [2.05, 4.69) is 20.9 Å². The second-order valence-electron chi connectivity index (χ2n) is 7.83. The summed E-state index contributed by atoms with van der Waals surface area (Å²) in [4.78, 5) is 30.8. The number of hydrogen-bond acceptors (Lipinski definition) is 7. The minimum absolute atomic E-state index is 0.136. The SMILES string of the molecule is CS(=O)(=O)c1ccc(-n2ccc(OC3CCN(C(=O)Oc4ccc(Br)nc4)CC3)cc2=O)cc1. The summed E-state index contributed by atoms with van der Waals surface area (Å²) < 4.78 is 36.6. The predicted octanol–water partition coefficient (Wildman–Crippen LogP) is 3.44. The molecule has 0 radical (unpaired) electrons. The number of halogens is 1. The molecule has 1 fully saturated rings. The minimum Gasteiger partial charge on any atom is -0.490 e. The molecule has 11 heteroatoms. The minimum atomic E-state index is -3.31. The third-order valence-corrected chi connectivity index (χ3v) is 6.94. The summed E-state index contributed by atoms with van der Waals surface area (Å²) in [5.41, 5.74) is 0.255. The summed E-state index contributed by atoms with van der Waals surface area (Å²) >= 11 is 3.23. The van der Waals surface area contributed by atoms with Crippen LogP contribution in [0.15, 0.2) is 75.2 Å². The van der Waals surface area contributed by atoms with Crippen molar-refractivity contribution in [3.05, 3.63) is 75.9 Å². The van der Waals surface area contributed by atoms with Crippen molar-refractivity contribution in [3.63, 3.8) is 0 Å². The molecule has 178 valence electrons. The van der Waals surface area contributed by atoms with Crippen molar-refractivity contribution in [3.8, 4) is 17.2 Å². The number of nitrogens with zero attached hydrogens (tertiary/aromatic N) is 3. The molecule has 1 aliphatic rings. The topological polar surface area (TPSA) is 108 Å². The highest BCUT2D eigenvalue weighted by Gasteiger charge is 2.25. The summed E-state index contributed by atoms with van der Waals surface area (Å²) in [7, 11) is -3.31. The van der Waals surface area contributed by atoms with E-state index >= 15 is 0 Å². The molecular weight excluding hydrogens is 526 g/mol. The third kappa shape index (κ3) is 5.84. The zero-order valence-corrected chi connectivity index (χ0v) is 20.7. The van der Waals surface area contributed by atoms with Gasteiger partial charge in [0.1, 0.15) is 16.5 Å². The average Bonchev–Trinajstić information content (AvgIpc) is 2.81. The van der Waals surface area contributed by atoms with Crippen LogP contribution in [0.5, 0.6) is 11.5 Å². The smallest absolute Gasteiger partial charge is 0.415 e. The van der Waals surface area contributed by atoms with Crippen LogP contribution in [0.1, 0.15) is 12.8 Å². The van der Waals surface area contributed by atoms with Crippen LogP contribution in [0.4, 0.5) is 4.79 Å². The number of rotatable bonds is 5. The molecule has 1 amide bonds. The fourth-order valence-corrected chi connectivity index (χ4v) is 4.40. The van der Waals surface area contributed by atoms with Crippen LogP contribution >= 0.6 is 15.9 Å². The van der Waals surface area contributed by atoms with E-state index < -0.39 is 15.9 Å². The Hall–Kier alpha value is -3.18. The summed E-state index contributed by atoms with van der Waals surface area (Å²) in [6.07, 6.45) is 4.82. The molecule has 0 spiro atoms. The number of carbonyl (C=O) groups excluding carboxylic acids is 1. The number of piperidine rings is 1. The molecular formula is C23H22BrN3O6S. The third-order valence-electron chi connectivity index (χ3n) is 5.34. The Morgan fingerprint density at radius 1 is 1.06 bits per heavy atom. The van der Waals surface area contributed by atoms with Crippen molar-refractivity contribution >= 4 is 31.9 Å². The summed E-state index contributed by atoms with van der Waals surface area (Å²) in [6.45, 7) is 0.939. The van der Waals surface area contributed by atoms with E-state index in [1.54, 1.807) is 41.4 Å². The highest BCUT2D eigenvalue weighted by molar-refractivity contribution is 9.10. The molecule has 0 aliphatic carbocycles. The van der Waals surface area contributed by atoms with E-state index in [1.165, 1.54) is 29.0 Å². The Kier molecular flexibility index (Phi) is 7.03. The molecule has 0 N–H and O–H groups in total. The van der Waals surface area contributed by atoms with Gasteiger partial charge in [0.05, 0.1) is 11.1 Å². The summed E-state index contributed by atoms with van der Waals surface area (Å²) in [6, 6.07) is 12.5. The van der Waals surface area contributed by atoms with E-state index in [0.717, 1.165) is 6.26 Å². The molecule has 0 bridgehead atoms. The van der Waals surface area contributed by atoms with Gasteiger partial charge in [0.25, 0.3) is 5.56 Å². The zero-order valence-electron chi connectivity index (χ0n) is 18.3. The van der Waals surface area contributed by atoms with Crippen molar-refractivity contribution in [2.45, 2.75) is 23.8 Å². The Morgan fingerprint density at radius 3 is 2.35 bits per heavy atom. The van der Waals surface area contributed by atoms with Crippen molar-refractivity contribution in [1.82, 2.24) is 14.5 Å². The Balaban J connectivity index is 1.33. The number of ether oxygens (including phenoxy) is 2. The van der Waals surface area contributed by atoms with E-state index in [0.29, 0.717) is 47.7 Å². The quantitative estimate of drug-likeness (QED) is 0.450. The van der Waals surface area contributed by atoms with Crippen LogP contribution in [0.2, 0.25) is 0 Å². The maximum absolute atomic E-state index is 12.6. The molecule has 1 aromatic carbocycles. The van der Waals surface area contributed by atoms with Crippen LogP contribution in [0.3, 0.4) is 0 Å². The maximum atomic E-state index is 12.6. The Labute approximate surface area is 205 Å². The van der Waals surface area contributed by atoms with Gasteiger partial charge in [-0.1, -0.05) is 0 Å². The number of likely N-dealkylation sites (tertiary alicyclic amines) is 1. The first-order valence-corrected chi connectivity index (χ1v) is 13.2. The van der Waals surface area contributed by atoms with Crippen molar-refractivity contribution in [1.29, 1.82) is 0 Å². The lowest BCUT2D eigenvalue weighted by molar-refractivity contribution is 0.0928. The van der Waals surface area contributed by atoms with Gasteiger partial charge in [-0.05, 0) is 58.4 Å². The fraction of sp³-hybridized carbons (Fsp3) is 0.261. The van der Waals surface area contributed by atoms with Gasteiger partial charge in [0, 0.05) is 50.1 Å². The maximum Gasteiger partial charge on any atom is 0.415 e. The van der Waals surface area contributed by atoms with Crippen LogP contribution in [0, 0.1) is 0 Å². The summed E-state index contributed by atoms with van der Waals surface area (Å²) in [5, 5.41) is 0. The lowest BCUT2D eigenvalue weighted by atomic mass is 10.1. The predicted molar refractivity (Wildman–Crippen MR) is 128 cm³/mol. The van der Waals surface area contributed by atoms with Crippen LogP contribution in [-0.4, -0.2) is 54.4 Å². The number of hydrogen-bond donors (Lipinski definition) is 0. The van der Waals surface area contributed by atoms with Crippen molar-refractivity contribution in [2.75, 3.05) is 19.3 Å². The van der Waals surface area contributed by atoms with E-state index in [9.17, 15) is 18.0 Å². The number of carbonyl (C=O) groups is 1. The van der Waals surface area contributed by atoms with Crippen molar-refractivity contribution < 1.29 is 22.7 Å². The van der Waals surface area contributed by atoms with Crippen LogP contribution in [0.25, 0.3) is 5.69 Å². The zero-order chi connectivity index (χ0) is 24.3. The summed E-state index contributed by atoms with van der Waals surface area (Å²) in [5.74, 6) is 0.814. The molecule has 3 aromatic rings. The van der Waals surface area contributed by atoms with E-state index in [1.807, 2.05) is 0 Å². The van der Waals surface area contributed by atoms with E-state index in [-0.39, 0.29) is 16.6 Å². The highest BCUT2D eigenvalue weighted by atomic mass is 79.9. The van der Waals surface area contributed by atoms with E-state index in [4.69, 9.17) is 9.47 Å². The number of sulfone groups is 1. The van der Waals surface area contributed by atoms with Gasteiger partial charge in [-0.2, -0.15) is 0 Å². The number of benzene rings is 1. The molecule has 0 saturated carbocycles. The van der Waals surface area contributed by atoms with Gasteiger partial charge in [-0.3, -0.25) is 9.36 Å². The second kappa shape index (κ2) is 9.98. The molecule has 3 heterocycles. The molecule has 2 aromatic heterocycles. The largest absolute Gasteiger partial charge is 0.490 e. The lowest BCUT2D eigenvalue weighted by Gasteiger charge is -2.31. The molecule has 9 nitrogen and oxygen atoms in total. The number of amides is 1. The monoisotopic (exact) mass is 547 g/mol. The second-order valence-corrected chi connectivity index (χ2v) is 10.7. The van der Waals surface area contributed by atoms with Crippen molar-refractivity contribution in [2.24, 2.45) is 0 Å². The molecule has 0 atom stereocenters. The fourth-order valence-electron chi connectivity index (χ4n) is 3.54. The van der Waals surface area contributed by atoms with Gasteiger partial charge in [-0.15, -0.1) is 0 Å².